The van der Waals surface area contributed by atoms with E-state index in [0.717, 1.165) is 5.69 Å². The molecule has 118 valence electrons. The van der Waals surface area contributed by atoms with Crippen LogP contribution < -0.4 is 5.32 Å². The monoisotopic (exact) mass is 305 g/mol. The van der Waals surface area contributed by atoms with Gasteiger partial charge in [0, 0.05) is 11.8 Å². The van der Waals surface area contributed by atoms with Gasteiger partial charge in [0.15, 0.2) is 5.82 Å². The maximum Gasteiger partial charge on any atom is 0.257 e. The molecule has 0 aliphatic carbocycles. The second-order valence-corrected chi connectivity index (χ2v) is 5.54. The third-order valence-electron chi connectivity index (χ3n) is 3.41. The van der Waals surface area contributed by atoms with Gasteiger partial charge in [-0.25, -0.2) is 9.07 Å². The number of nitrogens with one attached hydrogen (secondary N) is 1. The van der Waals surface area contributed by atoms with E-state index >= 15 is 0 Å². The predicted octanol–water partition coefficient (Wildman–Crippen LogP) is 2.81. The molecule has 1 amide bonds. The summed E-state index contributed by atoms with van der Waals surface area (Å²) in [6.45, 7) is 5.17. The Balaban J connectivity index is 2.22. The van der Waals surface area contributed by atoms with Gasteiger partial charge in [-0.1, -0.05) is 19.4 Å². The van der Waals surface area contributed by atoms with Crippen molar-refractivity contribution in [3.63, 3.8) is 0 Å². The number of hydrogen-bond acceptors (Lipinski definition) is 3. The van der Waals surface area contributed by atoms with Gasteiger partial charge in [-0.2, -0.15) is 0 Å². The van der Waals surface area contributed by atoms with Gasteiger partial charge in [0.05, 0.1) is 5.69 Å². The van der Waals surface area contributed by atoms with Crippen LogP contribution in [0.5, 0.6) is 0 Å². The summed E-state index contributed by atoms with van der Waals surface area (Å²) < 4.78 is 14.8. The first kappa shape index (κ1) is 16.2. The van der Waals surface area contributed by atoms with Gasteiger partial charge in [-0.3, -0.25) is 4.79 Å². The van der Waals surface area contributed by atoms with Crippen LogP contribution in [0.4, 0.5) is 10.2 Å². The normalized spacial score (nSPS) is 13.7. The number of anilines is 1. The van der Waals surface area contributed by atoms with Crippen LogP contribution in [0.15, 0.2) is 30.3 Å². The van der Waals surface area contributed by atoms with Crippen LogP contribution in [0, 0.1) is 12.7 Å². The topological polar surface area (TPSA) is 67.2 Å². The zero-order chi connectivity index (χ0) is 16.3. The van der Waals surface area contributed by atoms with E-state index in [-0.39, 0.29) is 5.82 Å². The molecule has 6 heteroatoms. The number of halogens is 1. The number of aryl methyl sites for hydroxylation is 1. The number of rotatable bonds is 5. The molecule has 22 heavy (non-hydrogen) atoms. The van der Waals surface area contributed by atoms with Crippen molar-refractivity contribution in [3.8, 4) is 5.69 Å². The number of carbonyl (C=O) groups excluding carboxylic acids is 1. The average molecular weight is 305 g/mol. The Bertz CT molecular complexity index is 680. The predicted molar refractivity (Wildman–Crippen MR) is 82.4 cm³/mol. The molecule has 1 unspecified atom stereocenters. The molecule has 2 aromatic rings. The SMILES string of the molecule is CCCC(C)(O)C(=O)Nc1cc(C)n(-c2cccc(F)c2)n1. The Morgan fingerprint density at radius 2 is 2.18 bits per heavy atom. The lowest BCUT2D eigenvalue weighted by Gasteiger charge is -2.20. The van der Waals surface area contributed by atoms with E-state index in [1.807, 2.05) is 6.92 Å². The van der Waals surface area contributed by atoms with E-state index in [4.69, 9.17) is 0 Å². The van der Waals surface area contributed by atoms with Gasteiger partial charge >= 0.3 is 0 Å². The molecule has 0 fully saturated rings. The summed E-state index contributed by atoms with van der Waals surface area (Å²) >= 11 is 0. The summed E-state index contributed by atoms with van der Waals surface area (Å²) in [6.07, 6.45) is 1.06. The third-order valence-corrected chi connectivity index (χ3v) is 3.41. The minimum absolute atomic E-state index is 0.322. The Labute approximate surface area is 128 Å². The van der Waals surface area contributed by atoms with Crippen LogP contribution in [0.25, 0.3) is 5.69 Å². The number of nitrogens with zero attached hydrogens (tertiary/aromatic N) is 2. The zero-order valence-corrected chi connectivity index (χ0v) is 12.9. The van der Waals surface area contributed by atoms with Crippen molar-refractivity contribution < 1.29 is 14.3 Å². The smallest absolute Gasteiger partial charge is 0.257 e. The van der Waals surface area contributed by atoms with E-state index in [1.54, 1.807) is 25.1 Å². The minimum atomic E-state index is -1.44. The lowest BCUT2D eigenvalue weighted by Crippen LogP contribution is -2.39. The van der Waals surface area contributed by atoms with E-state index in [2.05, 4.69) is 10.4 Å². The molecule has 5 nitrogen and oxygen atoms in total. The van der Waals surface area contributed by atoms with Gasteiger partial charge in [-0.05, 0) is 38.5 Å². The molecule has 0 saturated heterocycles. The Hall–Kier alpha value is -2.21. The molecule has 0 radical (unpaired) electrons. The summed E-state index contributed by atoms with van der Waals surface area (Å²) in [4.78, 5) is 12.1. The highest BCUT2D eigenvalue weighted by molar-refractivity contribution is 5.96. The molecule has 2 rings (SSSR count). The van der Waals surface area contributed by atoms with Crippen molar-refractivity contribution in [1.29, 1.82) is 0 Å². The number of benzene rings is 1. The van der Waals surface area contributed by atoms with Gasteiger partial charge in [-0.15, -0.1) is 5.10 Å². The van der Waals surface area contributed by atoms with E-state index < -0.39 is 11.5 Å². The van der Waals surface area contributed by atoms with Crippen molar-refractivity contribution in [1.82, 2.24) is 9.78 Å². The van der Waals surface area contributed by atoms with Crippen LogP contribution in [0.1, 0.15) is 32.4 Å². The quantitative estimate of drug-likeness (QED) is 0.892. The van der Waals surface area contributed by atoms with Crippen LogP contribution in [0.2, 0.25) is 0 Å². The first-order valence-electron chi connectivity index (χ1n) is 7.20. The maximum atomic E-state index is 13.3. The summed E-state index contributed by atoms with van der Waals surface area (Å²) in [6, 6.07) is 7.70. The van der Waals surface area contributed by atoms with Crippen LogP contribution in [0.3, 0.4) is 0 Å². The highest BCUT2D eigenvalue weighted by Gasteiger charge is 2.29. The van der Waals surface area contributed by atoms with E-state index in [0.29, 0.717) is 24.3 Å². The minimum Gasteiger partial charge on any atom is -0.380 e. The molecule has 1 atom stereocenters. The fraction of sp³-hybridized carbons (Fsp3) is 0.375. The average Bonchev–Trinajstić information content (AvgIpc) is 2.79. The van der Waals surface area contributed by atoms with Crippen LogP contribution >= 0.6 is 0 Å². The summed E-state index contributed by atoms with van der Waals surface area (Å²) in [5, 5.41) is 16.9. The highest BCUT2D eigenvalue weighted by atomic mass is 19.1. The standard InChI is InChI=1S/C16H20FN3O2/c1-4-8-16(3,22)15(21)18-14-9-11(2)20(19-14)13-7-5-6-12(17)10-13/h5-7,9-10,22H,4,8H2,1-3H3,(H,18,19,21). The van der Waals surface area contributed by atoms with Crippen molar-refractivity contribution in [2.24, 2.45) is 0 Å². The fourth-order valence-corrected chi connectivity index (χ4v) is 2.26. The third kappa shape index (κ3) is 3.51. The number of carbonyl (C=O) groups is 1. The molecule has 2 N–H and O–H groups in total. The van der Waals surface area contributed by atoms with Crippen molar-refractivity contribution in [2.75, 3.05) is 5.32 Å². The number of aliphatic hydroxyl groups is 1. The second-order valence-electron chi connectivity index (χ2n) is 5.54. The fourth-order valence-electron chi connectivity index (χ4n) is 2.26. The van der Waals surface area contributed by atoms with Crippen molar-refractivity contribution in [2.45, 2.75) is 39.2 Å². The molecule has 0 saturated carbocycles. The zero-order valence-electron chi connectivity index (χ0n) is 12.9. The van der Waals surface area contributed by atoms with Crippen LogP contribution in [-0.4, -0.2) is 26.4 Å². The van der Waals surface area contributed by atoms with Gasteiger partial charge in [0.2, 0.25) is 0 Å². The Morgan fingerprint density at radius 1 is 1.45 bits per heavy atom. The molecule has 1 aromatic heterocycles. The lowest BCUT2D eigenvalue weighted by atomic mass is 10.00. The van der Waals surface area contributed by atoms with Gasteiger partial charge < -0.3 is 10.4 Å². The van der Waals surface area contributed by atoms with E-state index in [1.165, 1.54) is 23.7 Å². The second kappa shape index (κ2) is 6.27. The van der Waals surface area contributed by atoms with Crippen molar-refractivity contribution in [3.05, 3.63) is 41.8 Å². The molecular formula is C16H20FN3O2. The molecule has 1 heterocycles. The van der Waals surface area contributed by atoms with E-state index in [9.17, 15) is 14.3 Å². The number of aromatic nitrogens is 2. The van der Waals surface area contributed by atoms with Crippen LogP contribution in [-0.2, 0) is 4.79 Å². The molecule has 0 bridgehead atoms. The molecule has 0 spiro atoms. The highest BCUT2D eigenvalue weighted by Crippen LogP contribution is 2.18. The number of amides is 1. The summed E-state index contributed by atoms with van der Waals surface area (Å²) in [5.41, 5.74) is -0.125. The van der Waals surface area contributed by atoms with Gasteiger partial charge in [0.25, 0.3) is 5.91 Å². The molecular weight excluding hydrogens is 285 g/mol. The largest absolute Gasteiger partial charge is 0.380 e. The summed E-state index contributed by atoms with van der Waals surface area (Å²) in [7, 11) is 0. The Morgan fingerprint density at radius 3 is 2.82 bits per heavy atom. The maximum absolute atomic E-state index is 13.3. The molecule has 0 aliphatic rings. The first-order chi connectivity index (χ1) is 10.3. The molecule has 1 aromatic carbocycles. The lowest BCUT2D eigenvalue weighted by molar-refractivity contribution is -0.133. The number of hydrogen-bond donors (Lipinski definition) is 2. The molecule has 0 aliphatic heterocycles. The Kier molecular flexibility index (Phi) is 4.61. The van der Waals surface area contributed by atoms with Crippen molar-refractivity contribution >= 4 is 11.7 Å². The first-order valence-corrected chi connectivity index (χ1v) is 7.20. The van der Waals surface area contributed by atoms with Gasteiger partial charge in [0.1, 0.15) is 11.4 Å². The summed E-state index contributed by atoms with van der Waals surface area (Å²) in [5.74, 6) is -0.537.